The Balaban J connectivity index is 4.19. The first-order valence-corrected chi connectivity index (χ1v) is 31.4. The van der Waals surface area contributed by atoms with Gasteiger partial charge in [-0.15, -0.1) is 0 Å². The van der Waals surface area contributed by atoms with Gasteiger partial charge in [-0.2, -0.15) is 0 Å². The molecular formula is C68H118NO8+. The number of carboxylic acids is 1. The summed E-state index contributed by atoms with van der Waals surface area (Å²) < 4.78 is 22.9. The number of quaternary nitrogens is 1. The van der Waals surface area contributed by atoms with Crippen LogP contribution in [0.4, 0.5) is 0 Å². The first-order chi connectivity index (χ1) is 37.6. The van der Waals surface area contributed by atoms with E-state index in [1.165, 1.54) is 135 Å². The molecule has 2 unspecified atom stereocenters. The molecule has 0 bridgehead atoms. The SMILES string of the molecule is CC/C=C\C/C=C\C/C=C\C/C=C\C/C=C\C/C=C\C/C=C\CCCCCCCCCCCCCC(=O)OC(COC(=O)CCCCCCCCCCC/C=C\CCCCCCCC)COC(OCC[N+](C)(C)C)C(=O)O. The molecule has 0 aliphatic rings. The molecule has 9 heteroatoms. The van der Waals surface area contributed by atoms with Gasteiger partial charge in [0.25, 0.3) is 6.29 Å². The van der Waals surface area contributed by atoms with Crippen LogP contribution >= 0.6 is 0 Å². The summed E-state index contributed by atoms with van der Waals surface area (Å²) in [5, 5.41) is 9.72. The van der Waals surface area contributed by atoms with E-state index in [0.29, 0.717) is 23.9 Å². The molecule has 0 aromatic heterocycles. The van der Waals surface area contributed by atoms with Crippen molar-refractivity contribution in [2.75, 3.05) is 47.5 Å². The fourth-order valence-corrected chi connectivity index (χ4v) is 8.52. The van der Waals surface area contributed by atoms with Crippen molar-refractivity contribution < 1.29 is 42.9 Å². The van der Waals surface area contributed by atoms with Crippen molar-refractivity contribution in [2.24, 2.45) is 0 Å². The molecule has 0 saturated heterocycles. The second-order valence-electron chi connectivity index (χ2n) is 22.0. The van der Waals surface area contributed by atoms with E-state index in [2.05, 4.69) is 111 Å². The third-order valence-electron chi connectivity index (χ3n) is 13.3. The first kappa shape index (κ1) is 73.2. The highest BCUT2D eigenvalue weighted by Gasteiger charge is 2.25. The normalized spacial score (nSPS) is 13.4. The number of unbranched alkanes of at least 4 members (excludes halogenated alkanes) is 26. The maximum atomic E-state index is 12.9. The number of aliphatic carboxylic acids is 1. The molecule has 0 aliphatic carbocycles. The zero-order chi connectivity index (χ0) is 56.2. The van der Waals surface area contributed by atoms with E-state index < -0.39 is 24.3 Å². The zero-order valence-corrected chi connectivity index (χ0v) is 50.3. The van der Waals surface area contributed by atoms with Crippen LogP contribution < -0.4 is 0 Å². The third kappa shape index (κ3) is 59.7. The molecule has 2 atom stereocenters. The molecule has 0 aromatic rings. The number of carbonyl (C=O) groups excluding carboxylic acids is 2. The summed E-state index contributed by atoms with van der Waals surface area (Å²) in [6.45, 7) is 4.76. The lowest BCUT2D eigenvalue weighted by Gasteiger charge is -2.25. The van der Waals surface area contributed by atoms with Crippen molar-refractivity contribution in [1.29, 1.82) is 0 Å². The molecule has 77 heavy (non-hydrogen) atoms. The molecule has 0 amide bonds. The fourth-order valence-electron chi connectivity index (χ4n) is 8.52. The van der Waals surface area contributed by atoms with E-state index in [-0.39, 0.29) is 32.2 Å². The number of hydrogen-bond acceptors (Lipinski definition) is 7. The Kier molecular flexibility index (Phi) is 55.5. The van der Waals surface area contributed by atoms with Crippen LogP contribution in [0.15, 0.2) is 97.2 Å². The number of allylic oxidation sites excluding steroid dienone is 16. The predicted molar refractivity (Wildman–Crippen MR) is 327 cm³/mol. The minimum absolute atomic E-state index is 0.183. The topological polar surface area (TPSA) is 108 Å². The molecule has 0 aromatic carbocycles. The standard InChI is InChI=1S/C68H117NO8/c1-6-8-10-12-14-16-18-20-22-24-26-27-28-29-30-31-32-33-34-35-36-37-38-39-41-43-45-47-49-51-53-55-57-59-66(71)77-64(63-76-68(67(72)73)74-61-60-69(3,4)5)62-75-65(70)58-56-54-52-50-48-46-44-42-40-25-23-21-19-17-15-13-11-9-7-2/h8,10,14,16,20-23,26-27,29-30,32-33,35-36,64,68H,6-7,9,11-13,15,17-19,24-25,28,31,34,37-63H2,1-5H3/p+1/b10-8-,16-14-,22-20-,23-21-,27-26-,30-29-,33-32-,36-35-. The zero-order valence-electron chi connectivity index (χ0n) is 50.3. The van der Waals surface area contributed by atoms with E-state index in [9.17, 15) is 19.5 Å². The Labute approximate surface area is 473 Å². The van der Waals surface area contributed by atoms with Crippen LogP contribution in [-0.4, -0.2) is 87.4 Å². The molecule has 0 heterocycles. The van der Waals surface area contributed by atoms with E-state index >= 15 is 0 Å². The Morgan fingerprint density at radius 1 is 0.403 bits per heavy atom. The minimum atomic E-state index is -1.52. The van der Waals surface area contributed by atoms with Crippen molar-refractivity contribution >= 4 is 17.9 Å². The molecule has 0 spiro atoms. The van der Waals surface area contributed by atoms with Crippen LogP contribution in [0.5, 0.6) is 0 Å². The van der Waals surface area contributed by atoms with Gasteiger partial charge >= 0.3 is 17.9 Å². The van der Waals surface area contributed by atoms with Crippen molar-refractivity contribution in [3.05, 3.63) is 97.2 Å². The number of likely N-dealkylation sites (N-methyl/N-ethyl adjacent to an activating group) is 1. The number of ether oxygens (including phenoxy) is 4. The molecule has 9 nitrogen and oxygen atoms in total. The summed E-state index contributed by atoms with van der Waals surface area (Å²) >= 11 is 0. The summed E-state index contributed by atoms with van der Waals surface area (Å²) in [5.41, 5.74) is 0. The van der Waals surface area contributed by atoms with E-state index in [1.54, 1.807) is 0 Å². The lowest BCUT2D eigenvalue weighted by atomic mass is 10.0. The molecule has 1 N–H and O–H groups in total. The van der Waals surface area contributed by atoms with Gasteiger partial charge in [-0.05, 0) is 96.3 Å². The maximum Gasteiger partial charge on any atom is 0.361 e. The number of rotatable bonds is 57. The second kappa shape index (κ2) is 58.4. The average molecular weight is 1080 g/mol. The van der Waals surface area contributed by atoms with Crippen LogP contribution in [-0.2, 0) is 33.3 Å². The van der Waals surface area contributed by atoms with Crippen LogP contribution in [0.2, 0.25) is 0 Å². The molecule has 0 fully saturated rings. The van der Waals surface area contributed by atoms with Crippen LogP contribution in [0.3, 0.4) is 0 Å². The van der Waals surface area contributed by atoms with Crippen LogP contribution in [0.1, 0.15) is 258 Å². The first-order valence-electron chi connectivity index (χ1n) is 31.4. The van der Waals surface area contributed by atoms with E-state index in [0.717, 1.165) is 89.9 Å². The number of hydrogen-bond donors (Lipinski definition) is 1. The van der Waals surface area contributed by atoms with Gasteiger partial charge in [-0.25, -0.2) is 4.79 Å². The van der Waals surface area contributed by atoms with Gasteiger partial charge in [0.15, 0.2) is 6.10 Å². The lowest BCUT2D eigenvalue weighted by molar-refractivity contribution is -0.870. The highest BCUT2D eigenvalue weighted by Crippen LogP contribution is 2.16. The van der Waals surface area contributed by atoms with Gasteiger partial charge in [-0.1, -0.05) is 246 Å². The number of carbonyl (C=O) groups is 3. The van der Waals surface area contributed by atoms with Gasteiger partial charge in [-0.3, -0.25) is 9.59 Å². The molecular weight excluding hydrogens is 959 g/mol. The Morgan fingerprint density at radius 2 is 0.740 bits per heavy atom. The molecule has 0 rings (SSSR count). The predicted octanol–water partition coefficient (Wildman–Crippen LogP) is 18.9. The van der Waals surface area contributed by atoms with Gasteiger partial charge in [0.05, 0.1) is 34.4 Å². The van der Waals surface area contributed by atoms with Crippen molar-refractivity contribution in [3.63, 3.8) is 0 Å². The fraction of sp³-hybridized carbons (Fsp3) is 0.721. The summed E-state index contributed by atoms with van der Waals surface area (Å²) in [4.78, 5) is 37.5. The summed E-state index contributed by atoms with van der Waals surface area (Å²) in [6, 6.07) is 0. The minimum Gasteiger partial charge on any atom is -0.477 e. The van der Waals surface area contributed by atoms with Crippen molar-refractivity contribution in [1.82, 2.24) is 0 Å². The van der Waals surface area contributed by atoms with E-state index in [1.807, 2.05) is 21.1 Å². The molecule has 0 saturated carbocycles. The summed E-state index contributed by atoms with van der Waals surface area (Å²) in [5.74, 6) is -2.01. The van der Waals surface area contributed by atoms with Crippen LogP contribution in [0, 0.1) is 0 Å². The number of esters is 2. The molecule has 442 valence electrons. The Morgan fingerprint density at radius 3 is 1.12 bits per heavy atom. The Hall–Kier alpha value is -3.79. The highest BCUT2D eigenvalue weighted by atomic mass is 16.7. The van der Waals surface area contributed by atoms with Gasteiger partial charge in [0, 0.05) is 12.8 Å². The third-order valence-corrected chi connectivity index (χ3v) is 13.3. The largest absolute Gasteiger partial charge is 0.477 e. The van der Waals surface area contributed by atoms with E-state index in [4.69, 9.17) is 18.9 Å². The van der Waals surface area contributed by atoms with Gasteiger partial charge in [0.1, 0.15) is 13.2 Å². The number of nitrogens with zero attached hydrogens (tertiary/aromatic N) is 1. The lowest BCUT2D eigenvalue weighted by Crippen LogP contribution is -2.40. The smallest absolute Gasteiger partial charge is 0.361 e. The summed E-state index contributed by atoms with van der Waals surface area (Å²) in [7, 11) is 5.97. The average Bonchev–Trinajstić information content (AvgIpc) is 3.40. The summed E-state index contributed by atoms with van der Waals surface area (Å²) in [6.07, 6.45) is 76.3. The Bertz CT molecular complexity index is 1580. The quantitative estimate of drug-likeness (QED) is 0.0211. The van der Waals surface area contributed by atoms with Crippen molar-refractivity contribution in [3.8, 4) is 0 Å². The maximum absolute atomic E-state index is 12.9. The number of carboxylic acid groups (broad SMARTS) is 1. The van der Waals surface area contributed by atoms with Gasteiger partial charge < -0.3 is 28.5 Å². The van der Waals surface area contributed by atoms with Crippen LogP contribution in [0.25, 0.3) is 0 Å². The molecule has 0 radical (unpaired) electrons. The molecule has 0 aliphatic heterocycles. The highest BCUT2D eigenvalue weighted by molar-refractivity contribution is 5.71. The monoisotopic (exact) mass is 1080 g/mol. The van der Waals surface area contributed by atoms with Crippen molar-refractivity contribution in [2.45, 2.75) is 270 Å². The second-order valence-corrected chi connectivity index (χ2v) is 22.0. The van der Waals surface area contributed by atoms with Gasteiger partial charge in [0.2, 0.25) is 0 Å².